The minimum atomic E-state index is -1.65. The molecule has 0 aromatic heterocycles. The van der Waals surface area contributed by atoms with E-state index in [1.165, 1.54) is 12.1 Å². The zero-order chi connectivity index (χ0) is 28.4. The van der Waals surface area contributed by atoms with Crippen molar-refractivity contribution in [2.45, 2.75) is 68.3 Å². The average molecular weight is 550 g/mol. The monoisotopic (exact) mass is 549 g/mol. The second-order valence-corrected chi connectivity index (χ2v) is 11.4. The third kappa shape index (κ3) is 3.73. The molecule has 0 saturated heterocycles. The number of phenols is 1. The quantitative estimate of drug-likeness (QED) is 0.326. The molecule has 40 heavy (non-hydrogen) atoms. The van der Waals surface area contributed by atoms with Gasteiger partial charge in [0, 0.05) is 5.56 Å². The number of phenolic OH excluding ortho intramolecular Hbond substituents is 1. The van der Waals surface area contributed by atoms with Gasteiger partial charge in [-0.15, -0.1) is 0 Å². The number of benzene rings is 2. The van der Waals surface area contributed by atoms with Gasteiger partial charge in [-0.05, 0) is 60.8 Å². The van der Waals surface area contributed by atoms with E-state index in [9.17, 15) is 34.8 Å². The van der Waals surface area contributed by atoms with Crippen molar-refractivity contribution in [1.82, 2.24) is 5.32 Å². The maximum atomic E-state index is 13.0. The molecule has 10 nitrogen and oxygen atoms in total. The van der Waals surface area contributed by atoms with Crippen molar-refractivity contribution < 1.29 is 44.3 Å². The highest BCUT2D eigenvalue weighted by Crippen LogP contribution is 2.68. The third-order valence-corrected chi connectivity index (χ3v) is 9.31. The van der Waals surface area contributed by atoms with Gasteiger partial charge in [-0.25, -0.2) is 4.79 Å². The van der Waals surface area contributed by atoms with E-state index in [0.717, 1.165) is 17.5 Å². The van der Waals surface area contributed by atoms with Gasteiger partial charge in [-0.3, -0.25) is 9.59 Å². The number of aromatic hydroxyl groups is 1. The Balaban J connectivity index is 1.24. The molecule has 6 rings (SSSR count). The highest BCUT2D eigenvalue weighted by atomic mass is 16.6. The highest BCUT2D eigenvalue weighted by Gasteiger charge is 2.72. The summed E-state index contributed by atoms with van der Waals surface area (Å²) in [6.07, 6.45) is 0.661. The summed E-state index contributed by atoms with van der Waals surface area (Å²) in [7, 11) is 0. The number of amides is 1. The normalized spacial score (nSPS) is 30.7. The number of nitrogens with one attached hydrogen (secondary N) is 1. The fourth-order valence-electron chi connectivity index (χ4n) is 7.39. The van der Waals surface area contributed by atoms with Crippen LogP contribution in [0.2, 0.25) is 0 Å². The van der Waals surface area contributed by atoms with Crippen molar-refractivity contribution >= 4 is 17.8 Å². The Labute approximate surface area is 230 Å². The van der Waals surface area contributed by atoms with Gasteiger partial charge in [0.2, 0.25) is 0 Å². The second-order valence-electron chi connectivity index (χ2n) is 11.4. The Kier molecular flexibility index (Phi) is 6.15. The van der Waals surface area contributed by atoms with Crippen LogP contribution in [0.25, 0.3) is 0 Å². The Morgan fingerprint density at radius 2 is 1.93 bits per heavy atom. The lowest BCUT2D eigenvalue weighted by molar-refractivity contribution is -0.171. The maximum Gasteiger partial charge on any atom is 0.326 e. The number of carboxylic acids is 1. The first-order chi connectivity index (χ1) is 19.1. The first-order valence-corrected chi connectivity index (χ1v) is 13.5. The lowest BCUT2D eigenvalue weighted by atomic mass is 9.45. The van der Waals surface area contributed by atoms with E-state index < -0.39 is 53.5 Å². The van der Waals surface area contributed by atoms with E-state index in [2.05, 4.69) is 12.2 Å². The fourth-order valence-corrected chi connectivity index (χ4v) is 7.39. The molecule has 0 radical (unpaired) electrons. The second kappa shape index (κ2) is 9.35. The van der Waals surface area contributed by atoms with Crippen LogP contribution in [0, 0.1) is 11.8 Å². The number of aliphatic carboxylic acids is 1. The van der Waals surface area contributed by atoms with Crippen molar-refractivity contribution in [3.8, 4) is 11.5 Å². The minimum Gasteiger partial charge on any atom is -0.504 e. The van der Waals surface area contributed by atoms with Crippen LogP contribution in [-0.2, 0) is 31.0 Å². The molecule has 1 heterocycles. The van der Waals surface area contributed by atoms with Gasteiger partial charge in [0.25, 0.3) is 5.91 Å². The van der Waals surface area contributed by atoms with Crippen LogP contribution < -0.4 is 10.1 Å². The van der Waals surface area contributed by atoms with E-state index in [0.29, 0.717) is 12.8 Å². The van der Waals surface area contributed by atoms with Gasteiger partial charge >= 0.3 is 11.9 Å². The first kappa shape index (κ1) is 26.3. The Morgan fingerprint density at radius 3 is 2.65 bits per heavy atom. The smallest absolute Gasteiger partial charge is 0.326 e. The van der Waals surface area contributed by atoms with Gasteiger partial charge in [-0.2, -0.15) is 0 Å². The van der Waals surface area contributed by atoms with Gasteiger partial charge in [0.05, 0.1) is 17.4 Å². The number of esters is 1. The lowest BCUT2D eigenvalue weighted by Crippen LogP contribution is -2.69. The SMILES string of the molecule is CC1CCC23c4c5ccc(O)c4O[C@H]2C(OC(=O)C[C@H](NC(=O)[C@@H](O)c2ccccc2)C(=O)O)=CC[C@@]3(O)[C@H]1C5. The van der Waals surface area contributed by atoms with E-state index >= 15 is 0 Å². The van der Waals surface area contributed by atoms with Crippen LogP contribution in [0.3, 0.4) is 0 Å². The predicted octanol–water partition coefficient (Wildman–Crippen LogP) is 2.25. The predicted molar refractivity (Wildman–Crippen MR) is 139 cm³/mol. The number of carbonyl (C=O) groups excluding carboxylic acids is 2. The van der Waals surface area contributed by atoms with Crippen molar-refractivity contribution in [2.24, 2.45) is 11.8 Å². The van der Waals surface area contributed by atoms with E-state index in [-0.39, 0.29) is 41.1 Å². The van der Waals surface area contributed by atoms with Crippen LogP contribution in [0.15, 0.2) is 54.3 Å². The number of aliphatic hydroxyl groups is 2. The minimum absolute atomic E-state index is 0.0495. The standard InChI is InChI=1S/C30H31NO9/c1-15-9-11-29-23-17-7-8-20(32)25(23)40-26(29)21(10-12-30(29,38)18(15)13-17)39-22(33)14-19(28(36)37)31-27(35)24(34)16-5-3-2-4-6-16/h2-8,10,15,18-19,24,26,32,34,38H,9,11-14H2,1H3,(H,31,35)(H,36,37)/t15?,18-,19-,24-,26-,29?,30+/m0/s1. The zero-order valence-electron chi connectivity index (χ0n) is 21.9. The topological polar surface area (TPSA) is 163 Å². The summed E-state index contributed by atoms with van der Waals surface area (Å²) in [4.78, 5) is 37.5. The van der Waals surface area contributed by atoms with Crippen molar-refractivity contribution in [1.29, 1.82) is 0 Å². The van der Waals surface area contributed by atoms with Crippen molar-refractivity contribution in [2.75, 3.05) is 0 Å². The molecule has 210 valence electrons. The van der Waals surface area contributed by atoms with Gasteiger partial charge in [0.15, 0.2) is 23.7 Å². The van der Waals surface area contributed by atoms with Gasteiger partial charge < -0.3 is 35.2 Å². The Morgan fingerprint density at radius 1 is 1.18 bits per heavy atom. The molecule has 1 fully saturated rings. The Hall–Kier alpha value is -3.89. The molecule has 1 spiro atoms. The van der Waals surface area contributed by atoms with Crippen LogP contribution >= 0.6 is 0 Å². The van der Waals surface area contributed by atoms with E-state index in [1.807, 2.05) is 6.07 Å². The molecule has 5 N–H and O–H groups in total. The molecule has 7 atom stereocenters. The summed E-state index contributed by atoms with van der Waals surface area (Å²) < 4.78 is 11.9. The molecule has 1 amide bonds. The van der Waals surface area contributed by atoms with Crippen LogP contribution in [-0.4, -0.2) is 56.0 Å². The molecule has 1 saturated carbocycles. The number of aliphatic hydroxyl groups excluding tert-OH is 1. The van der Waals surface area contributed by atoms with Crippen LogP contribution in [0.4, 0.5) is 0 Å². The summed E-state index contributed by atoms with van der Waals surface area (Å²) >= 11 is 0. The lowest BCUT2D eigenvalue weighted by Gasteiger charge is -2.61. The molecular formula is C30H31NO9. The molecule has 2 unspecified atom stereocenters. The number of hydrogen-bond donors (Lipinski definition) is 5. The number of carbonyl (C=O) groups is 3. The number of carboxylic acid groups (broad SMARTS) is 1. The number of hydrogen-bond acceptors (Lipinski definition) is 8. The molecule has 1 aliphatic heterocycles. The van der Waals surface area contributed by atoms with Crippen molar-refractivity contribution in [3.05, 3.63) is 71.0 Å². The van der Waals surface area contributed by atoms with Crippen LogP contribution in [0.5, 0.6) is 11.5 Å². The Bertz CT molecular complexity index is 1420. The first-order valence-electron chi connectivity index (χ1n) is 13.5. The average Bonchev–Trinajstić information content (AvgIpc) is 3.29. The molecule has 2 aromatic rings. The summed E-state index contributed by atoms with van der Waals surface area (Å²) in [5.41, 5.74) is -0.0529. The highest BCUT2D eigenvalue weighted by molar-refractivity contribution is 5.89. The van der Waals surface area contributed by atoms with E-state index in [4.69, 9.17) is 9.47 Å². The molecule has 10 heteroatoms. The van der Waals surface area contributed by atoms with Gasteiger partial charge in [0.1, 0.15) is 11.8 Å². The third-order valence-electron chi connectivity index (χ3n) is 9.31. The molecule has 4 aliphatic rings. The molecule has 3 aliphatic carbocycles. The van der Waals surface area contributed by atoms with Gasteiger partial charge in [-0.1, -0.05) is 43.3 Å². The number of rotatable bonds is 7. The molecule has 2 aromatic carbocycles. The summed E-state index contributed by atoms with van der Waals surface area (Å²) in [6.45, 7) is 2.13. The molecular weight excluding hydrogens is 518 g/mol. The maximum absolute atomic E-state index is 13.0. The largest absolute Gasteiger partial charge is 0.504 e. The summed E-state index contributed by atoms with van der Waals surface area (Å²) in [5, 5.41) is 45.0. The fraction of sp³-hybridized carbons (Fsp3) is 0.433. The van der Waals surface area contributed by atoms with E-state index in [1.54, 1.807) is 30.3 Å². The molecule has 2 bridgehead atoms. The number of ether oxygens (including phenoxy) is 2. The zero-order valence-corrected chi connectivity index (χ0v) is 21.9. The van der Waals surface area contributed by atoms with Crippen LogP contribution in [0.1, 0.15) is 55.4 Å². The summed E-state index contributed by atoms with van der Waals surface area (Å²) in [6, 6.07) is 9.80. The summed E-state index contributed by atoms with van der Waals surface area (Å²) in [5.74, 6) is -2.78. The van der Waals surface area contributed by atoms with Crippen molar-refractivity contribution in [3.63, 3.8) is 0 Å².